The molecule has 1 heterocycles. The summed E-state index contributed by atoms with van der Waals surface area (Å²) in [5, 5.41) is 4.34. The van der Waals surface area contributed by atoms with Crippen molar-refractivity contribution in [2.75, 3.05) is 12.4 Å². The Balaban J connectivity index is 2.65. The molecule has 1 N–H and O–H groups in total. The highest BCUT2D eigenvalue weighted by Gasteiger charge is 2.17. The van der Waals surface area contributed by atoms with Gasteiger partial charge >= 0.3 is 0 Å². The van der Waals surface area contributed by atoms with Gasteiger partial charge in [-0.15, -0.1) is 0 Å². The molecule has 0 spiro atoms. The molecule has 0 aliphatic heterocycles. The van der Waals surface area contributed by atoms with Crippen LogP contribution in [0.15, 0.2) is 18.2 Å². The van der Waals surface area contributed by atoms with Crippen molar-refractivity contribution in [1.82, 2.24) is 4.98 Å². The number of aromatic nitrogens is 1. The lowest BCUT2D eigenvalue weighted by atomic mass is 10.0. The molecule has 0 saturated heterocycles. The molecule has 0 amide bonds. The van der Waals surface area contributed by atoms with Crippen molar-refractivity contribution in [2.45, 2.75) is 13.8 Å². The van der Waals surface area contributed by atoms with Gasteiger partial charge in [-0.1, -0.05) is 29.0 Å². The number of halogens is 1. The Morgan fingerprint density at radius 1 is 1.44 bits per heavy atom. The second-order valence-corrected chi connectivity index (χ2v) is 5.40. The second-order valence-electron chi connectivity index (χ2n) is 3.96. The third-order valence-corrected chi connectivity index (χ3v) is 4.02. The van der Waals surface area contributed by atoms with Gasteiger partial charge in [0.05, 0.1) is 10.6 Å². The Morgan fingerprint density at radius 3 is 2.78 bits per heavy atom. The first-order valence-electron chi connectivity index (χ1n) is 5.49. The van der Waals surface area contributed by atoms with Gasteiger partial charge in [0.25, 0.3) is 0 Å². The molecule has 5 heteroatoms. The Kier molecular flexibility index (Phi) is 3.68. The number of rotatable bonds is 3. The van der Waals surface area contributed by atoms with Crippen LogP contribution in [-0.2, 0) is 0 Å². The summed E-state index contributed by atoms with van der Waals surface area (Å²) in [6.45, 7) is 3.53. The van der Waals surface area contributed by atoms with Crippen molar-refractivity contribution in [3.63, 3.8) is 0 Å². The maximum absolute atomic E-state index is 11.7. The van der Waals surface area contributed by atoms with E-state index in [0.29, 0.717) is 15.6 Å². The van der Waals surface area contributed by atoms with Crippen LogP contribution >= 0.6 is 22.9 Å². The molecule has 0 unspecified atom stereocenters. The second kappa shape index (κ2) is 5.08. The van der Waals surface area contributed by atoms with E-state index in [0.717, 1.165) is 16.3 Å². The molecule has 2 aromatic rings. The van der Waals surface area contributed by atoms with Gasteiger partial charge in [-0.25, -0.2) is 4.98 Å². The average Bonchev–Trinajstić information content (AvgIpc) is 2.76. The van der Waals surface area contributed by atoms with E-state index in [1.807, 2.05) is 25.1 Å². The van der Waals surface area contributed by atoms with Crippen LogP contribution in [0.25, 0.3) is 11.3 Å². The molecule has 0 aliphatic carbocycles. The summed E-state index contributed by atoms with van der Waals surface area (Å²) in [6.07, 6.45) is 0. The fraction of sp³-hybridized carbons (Fsp3) is 0.231. The van der Waals surface area contributed by atoms with Gasteiger partial charge < -0.3 is 5.32 Å². The van der Waals surface area contributed by atoms with Gasteiger partial charge in [-0.05, 0) is 24.6 Å². The Morgan fingerprint density at radius 2 is 2.17 bits per heavy atom. The van der Waals surface area contributed by atoms with E-state index in [1.54, 1.807) is 14.0 Å². The first-order valence-corrected chi connectivity index (χ1v) is 6.68. The summed E-state index contributed by atoms with van der Waals surface area (Å²) in [4.78, 5) is 16.8. The average molecular weight is 281 g/mol. The lowest BCUT2D eigenvalue weighted by Gasteiger charge is -2.04. The maximum Gasteiger partial charge on any atom is 0.183 e. The lowest BCUT2D eigenvalue weighted by molar-refractivity contribution is 0.102. The minimum absolute atomic E-state index is 0.0170. The summed E-state index contributed by atoms with van der Waals surface area (Å²) in [6, 6.07) is 5.61. The molecule has 0 atom stereocenters. The number of carbonyl (C=O) groups is 1. The molecule has 94 valence electrons. The van der Waals surface area contributed by atoms with Crippen LogP contribution in [0.2, 0.25) is 5.02 Å². The molecule has 3 nitrogen and oxygen atoms in total. The molecule has 2 rings (SSSR count). The van der Waals surface area contributed by atoms with E-state index in [1.165, 1.54) is 11.3 Å². The smallest absolute Gasteiger partial charge is 0.183 e. The standard InChI is InChI=1S/C13H13ClN2OS/c1-7-4-5-9(14)6-10(7)11-12(8(2)17)18-13(15-3)16-11/h4-6H,1-3H3,(H,15,16). The third kappa shape index (κ3) is 2.40. The third-order valence-electron chi connectivity index (χ3n) is 2.62. The van der Waals surface area contributed by atoms with E-state index in [2.05, 4.69) is 10.3 Å². The number of nitrogens with one attached hydrogen (secondary N) is 1. The summed E-state index contributed by atoms with van der Waals surface area (Å²) < 4.78 is 0. The number of thiazole rings is 1. The number of ketones is 1. The molecular weight excluding hydrogens is 268 g/mol. The van der Waals surface area contributed by atoms with Crippen molar-refractivity contribution < 1.29 is 4.79 Å². The zero-order valence-corrected chi connectivity index (χ0v) is 11.9. The van der Waals surface area contributed by atoms with Crippen molar-refractivity contribution in [3.05, 3.63) is 33.7 Å². The zero-order valence-electron chi connectivity index (χ0n) is 10.4. The normalized spacial score (nSPS) is 10.4. The zero-order chi connectivity index (χ0) is 13.3. The minimum Gasteiger partial charge on any atom is -0.365 e. The predicted octanol–water partition coefficient (Wildman–Crippen LogP) is 4.02. The topological polar surface area (TPSA) is 42.0 Å². The summed E-state index contributed by atoms with van der Waals surface area (Å²) in [5.74, 6) is 0.0170. The van der Waals surface area contributed by atoms with Crippen molar-refractivity contribution in [3.8, 4) is 11.3 Å². The number of nitrogens with zero attached hydrogens (tertiary/aromatic N) is 1. The Labute approximate surface area is 115 Å². The molecule has 1 aromatic carbocycles. The van der Waals surface area contributed by atoms with E-state index in [-0.39, 0.29) is 5.78 Å². The van der Waals surface area contributed by atoms with Crippen molar-refractivity contribution in [2.24, 2.45) is 0 Å². The number of hydrogen-bond donors (Lipinski definition) is 1. The lowest BCUT2D eigenvalue weighted by Crippen LogP contribution is -1.93. The largest absolute Gasteiger partial charge is 0.365 e. The van der Waals surface area contributed by atoms with Crippen LogP contribution in [0, 0.1) is 6.92 Å². The van der Waals surface area contributed by atoms with Gasteiger partial charge in [-0.2, -0.15) is 0 Å². The number of benzene rings is 1. The monoisotopic (exact) mass is 280 g/mol. The predicted molar refractivity (Wildman–Crippen MR) is 76.8 cm³/mol. The Hall–Kier alpha value is -1.39. The first-order chi connectivity index (χ1) is 8.52. The fourth-order valence-corrected chi connectivity index (χ4v) is 2.70. The van der Waals surface area contributed by atoms with Crippen LogP contribution < -0.4 is 5.32 Å². The summed E-state index contributed by atoms with van der Waals surface area (Å²) in [5.41, 5.74) is 2.66. The van der Waals surface area contributed by atoms with E-state index >= 15 is 0 Å². The molecule has 0 radical (unpaired) electrons. The van der Waals surface area contributed by atoms with Crippen LogP contribution in [0.5, 0.6) is 0 Å². The molecule has 0 saturated carbocycles. The van der Waals surface area contributed by atoms with Gasteiger partial charge in [0.15, 0.2) is 10.9 Å². The fourth-order valence-electron chi connectivity index (χ4n) is 1.70. The molecular formula is C13H13ClN2OS. The van der Waals surface area contributed by atoms with Crippen molar-refractivity contribution in [1.29, 1.82) is 0 Å². The molecule has 0 bridgehead atoms. The first kappa shape index (κ1) is 13.1. The van der Waals surface area contributed by atoms with E-state index in [4.69, 9.17) is 11.6 Å². The highest BCUT2D eigenvalue weighted by molar-refractivity contribution is 7.18. The van der Waals surface area contributed by atoms with Crippen LogP contribution in [-0.4, -0.2) is 17.8 Å². The number of Topliss-reactive ketones (excluding diaryl/α,β-unsaturated/α-hetero) is 1. The Bertz CT molecular complexity index is 607. The summed E-state index contributed by atoms with van der Waals surface area (Å²) >= 11 is 7.38. The number of anilines is 1. The maximum atomic E-state index is 11.7. The van der Waals surface area contributed by atoms with E-state index < -0.39 is 0 Å². The molecule has 0 aliphatic rings. The summed E-state index contributed by atoms with van der Waals surface area (Å²) in [7, 11) is 1.79. The highest BCUT2D eigenvalue weighted by atomic mass is 35.5. The molecule has 1 aromatic heterocycles. The number of aryl methyl sites for hydroxylation is 1. The van der Waals surface area contributed by atoms with Gasteiger partial charge in [0.2, 0.25) is 0 Å². The van der Waals surface area contributed by atoms with Crippen LogP contribution in [0.1, 0.15) is 22.2 Å². The molecule has 18 heavy (non-hydrogen) atoms. The minimum atomic E-state index is 0.0170. The highest BCUT2D eigenvalue weighted by Crippen LogP contribution is 2.34. The SMILES string of the molecule is CNc1nc(-c2cc(Cl)ccc2C)c(C(C)=O)s1. The molecule has 0 fully saturated rings. The van der Waals surface area contributed by atoms with Gasteiger partial charge in [-0.3, -0.25) is 4.79 Å². The van der Waals surface area contributed by atoms with Gasteiger partial charge in [0, 0.05) is 24.6 Å². The van der Waals surface area contributed by atoms with E-state index in [9.17, 15) is 4.79 Å². The quantitative estimate of drug-likeness (QED) is 0.864. The van der Waals surface area contributed by atoms with Crippen molar-refractivity contribution >= 4 is 33.9 Å². The van der Waals surface area contributed by atoms with Crippen LogP contribution in [0.4, 0.5) is 5.13 Å². The van der Waals surface area contributed by atoms with Crippen LogP contribution in [0.3, 0.4) is 0 Å². The number of carbonyl (C=O) groups excluding carboxylic acids is 1. The number of hydrogen-bond acceptors (Lipinski definition) is 4. The van der Waals surface area contributed by atoms with Gasteiger partial charge in [0.1, 0.15) is 0 Å².